The number of hydrogen-bond acceptors (Lipinski definition) is 4. The molecule has 1 aliphatic rings. The van der Waals surface area contributed by atoms with Crippen LogP contribution >= 0.6 is 0 Å². The first-order valence-corrected chi connectivity index (χ1v) is 9.19. The maximum atomic E-state index is 12.3. The zero-order valence-electron chi connectivity index (χ0n) is 15.7. The van der Waals surface area contributed by atoms with Crippen molar-refractivity contribution >= 4 is 24.1 Å². The van der Waals surface area contributed by atoms with Gasteiger partial charge in [0.2, 0.25) is 0 Å². The van der Waals surface area contributed by atoms with Crippen molar-refractivity contribution in [2.45, 2.75) is 19.3 Å². The fourth-order valence-corrected chi connectivity index (χ4v) is 2.96. The van der Waals surface area contributed by atoms with Crippen LogP contribution in [0.3, 0.4) is 0 Å². The first kappa shape index (κ1) is 19.8. The highest BCUT2D eigenvalue weighted by Gasteiger charge is 2.34. The highest BCUT2D eigenvalue weighted by Crippen LogP contribution is 2.22. The second-order valence-electron chi connectivity index (χ2n) is 6.43. The van der Waals surface area contributed by atoms with Gasteiger partial charge in [-0.1, -0.05) is 36.1 Å². The number of hydrogen-bond donors (Lipinski definition) is 2. The van der Waals surface area contributed by atoms with Gasteiger partial charge >= 0.3 is 6.03 Å². The van der Waals surface area contributed by atoms with Crippen molar-refractivity contribution in [3.63, 3.8) is 0 Å². The van der Waals surface area contributed by atoms with Crippen LogP contribution in [-0.4, -0.2) is 35.5 Å². The monoisotopic (exact) mass is 388 g/mol. The number of carbonyl (C=O) groups excluding carboxylic acids is 3. The molecule has 0 aromatic heterocycles. The third-order valence-corrected chi connectivity index (χ3v) is 4.32. The summed E-state index contributed by atoms with van der Waals surface area (Å²) in [6, 6.07) is 13.6. The fourth-order valence-electron chi connectivity index (χ4n) is 2.96. The minimum Gasteiger partial charge on any atom is -0.350 e. The van der Waals surface area contributed by atoms with Crippen molar-refractivity contribution < 1.29 is 14.4 Å². The number of carbonyl (C=O) groups is 3. The Morgan fingerprint density at radius 1 is 1.07 bits per heavy atom. The predicted molar refractivity (Wildman–Crippen MR) is 109 cm³/mol. The van der Waals surface area contributed by atoms with Gasteiger partial charge in [-0.3, -0.25) is 14.5 Å². The zero-order chi connectivity index (χ0) is 20.6. The molecule has 7 nitrogen and oxygen atoms in total. The lowest BCUT2D eigenvalue weighted by Gasteiger charge is -2.12. The Labute approximate surface area is 168 Å². The molecule has 0 radical (unpaired) electrons. The summed E-state index contributed by atoms with van der Waals surface area (Å²) in [6.07, 6.45) is 3.62. The van der Waals surface area contributed by atoms with Gasteiger partial charge in [-0.2, -0.15) is 5.10 Å². The Morgan fingerprint density at radius 3 is 2.48 bits per heavy atom. The third-order valence-electron chi connectivity index (χ3n) is 4.32. The van der Waals surface area contributed by atoms with E-state index in [4.69, 9.17) is 5.73 Å². The van der Waals surface area contributed by atoms with Crippen LogP contribution < -0.4 is 11.2 Å². The maximum absolute atomic E-state index is 12.3. The summed E-state index contributed by atoms with van der Waals surface area (Å²) < 4.78 is 0. The van der Waals surface area contributed by atoms with Gasteiger partial charge in [-0.15, -0.1) is 0 Å². The lowest BCUT2D eigenvalue weighted by Crippen LogP contribution is -2.30. The maximum Gasteiger partial charge on any atom is 0.332 e. The minimum absolute atomic E-state index is 0.221. The van der Waals surface area contributed by atoms with Crippen molar-refractivity contribution in [2.75, 3.05) is 6.54 Å². The molecular weight excluding hydrogens is 368 g/mol. The van der Waals surface area contributed by atoms with Crippen LogP contribution in [-0.2, 0) is 0 Å². The summed E-state index contributed by atoms with van der Waals surface area (Å²) >= 11 is 0. The van der Waals surface area contributed by atoms with E-state index in [2.05, 4.69) is 22.4 Å². The number of imide groups is 1. The topological polar surface area (TPSA) is 105 Å². The number of nitrogens with one attached hydrogen (secondary N) is 1. The smallest absolute Gasteiger partial charge is 0.332 e. The number of unbranched alkanes of at least 4 members (excludes halogenated alkanes) is 2. The highest BCUT2D eigenvalue weighted by molar-refractivity contribution is 6.21. The van der Waals surface area contributed by atoms with Crippen LogP contribution in [0.15, 0.2) is 53.6 Å². The van der Waals surface area contributed by atoms with E-state index in [-0.39, 0.29) is 11.8 Å². The summed E-state index contributed by atoms with van der Waals surface area (Å²) in [5.74, 6) is 5.73. The quantitative estimate of drug-likeness (QED) is 0.261. The van der Waals surface area contributed by atoms with E-state index in [1.165, 1.54) is 11.1 Å². The number of urea groups is 1. The highest BCUT2D eigenvalue weighted by atomic mass is 16.2. The molecule has 1 aliphatic heterocycles. The minimum atomic E-state index is -0.724. The lowest BCUT2D eigenvalue weighted by molar-refractivity contribution is 0.0652. The van der Waals surface area contributed by atoms with Crippen molar-refractivity contribution in [3.8, 4) is 11.8 Å². The number of hydrazone groups is 1. The second-order valence-corrected chi connectivity index (χ2v) is 6.43. The molecule has 2 aromatic rings. The van der Waals surface area contributed by atoms with E-state index in [1.54, 1.807) is 24.3 Å². The number of fused-ring (bicyclic) bond motifs is 1. The Hall–Kier alpha value is -3.92. The first-order valence-electron chi connectivity index (χ1n) is 9.19. The lowest BCUT2D eigenvalue weighted by atomic mass is 10.1. The molecule has 4 amide bonds. The van der Waals surface area contributed by atoms with E-state index in [1.807, 2.05) is 24.3 Å². The number of amides is 4. The second kappa shape index (κ2) is 9.33. The van der Waals surface area contributed by atoms with Crippen LogP contribution in [0.5, 0.6) is 0 Å². The average Bonchev–Trinajstić information content (AvgIpc) is 2.95. The molecule has 0 aliphatic carbocycles. The van der Waals surface area contributed by atoms with Gasteiger partial charge in [-0.25, -0.2) is 10.2 Å². The van der Waals surface area contributed by atoms with Gasteiger partial charge in [0.1, 0.15) is 0 Å². The predicted octanol–water partition coefficient (Wildman–Crippen LogP) is 2.51. The molecule has 0 bridgehead atoms. The van der Waals surface area contributed by atoms with Gasteiger partial charge < -0.3 is 5.73 Å². The number of primary amides is 1. The summed E-state index contributed by atoms with van der Waals surface area (Å²) in [5.41, 5.74) is 9.65. The normalized spacial score (nSPS) is 12.6. The first-order chi connectivity index (χ1) is 14.1. The van der Waals surface area contributed by atoms with Crippen LogP contribution in [0.1, 0.15) is 51.1 Å². The van der Waals surface area contributed by atoms with E-state index in [0.29, 0.717) is 30.5 Å². The van der Waals surface area contributed by atoms with Gasteiger partial charge in [0.25, 0.3) is 11.8 Å². The summed E-state index contributed by atoms with van der Waals surface area (Å²) in [4.78, 5) is 36.5. The number of nitrogens with zero attached hydrogens (tertiary/aromatic N) is 2. The molecule has 3 rings (SSSR count). The molecule has 146 valence electrons. The fraction of sp³-hybridized carbons (Fsp3) is 0.182. The van der Waals surface area contributed by atoms with E-state index >= 15 is 0 Å². The molecule has 0 saturated carbocycles. The third kappa shape index (κ3) is 5.08. The summed E-state index contributed by atoms with van der Waals surface area (Å²) in [5, 5.41) is 3.71. The van der Waals surface area contributed by atoms with Crippen molar-refractivity contribution in [1.82, 2.24) is 10.3 Å². The molecule has 1 heterocycles. The molecule has 29 heavy (non-hydrogen) atoms. The molecule has 2 aromatic carbocycles. The van der Waals surface area contributed by atoms with Gasteiger partial charge in [0, 0.05) is 18.5 Å². The Bertz CT molecular complexity index is 999. The Morgan fingerprint density at radius 2 is 1.79 bits per heavy atom. The summed E-state index contributed by atoms with van der Waals surface area (Å²) in [6.45, 7) is 0.396. The Balaban J connectivity index is 1.46. The van der Waals surface area contributed by atoms with Gasteiger partial charge in [0.15, 0.2) is 0 Å². The van der Waals surface area contributed by atoms with Crippen molar-refractivity contribution in [1.29, 1.82) is 0 Å². The SMILES string of the molecule is NC(=O)NN=Cc1cccc(C#CCCCCN2C(=O)c3ccccc3C2=O)c1. The molecule has 0 unspecified atom stereocenters. The van der Waals surface area contributed by atoms with Crippen LogP contribution in [0.2, 0.25) is 0 Å². The number of benzene rings is 2. The standard InChI is InChI=1S/C22H20N4O3/c23-22(29)25-24-15-17-10-7-9-16(14-17)8-3-1-2-6-13-26-20(27)18-11-4-5-12-19(18)21(26)28/h4-5,7,9-12,14-15H,1-2,6,13H2,(H3,23,25,29). The van der Waals surface area contributed by atoms with E-state index in [9.17, 15) is 14.4 Å². The summed E-state index contributed by atoms with van der Waals surface area (Å²) in [7, 11) is 0. The van der Waals surface area contributed by atoms with E-state index in [0.717, 1.165) is 17.5 Å². The largest absolute Gasteiger partial charge is 0.350 e. The molecule has 0 spiro atoms. The van der Waals surface area contributed by atoms with Crippen molar-refractivity contribution in [3.05, 3.63) is 70.8 Å². The number of nitrogens with two attached hydrogens (primary N) is 1. The molecule has 0 atom stereocenters. The van der Waals surface area contributed by atoms with Crippen LogP contribution in [0.4, 0.5) is 4.79 Å². The Kier molecular flexibility index (Phi) is 6.38. The van der Waals surface area contributed by atoms with Gasteiger partial charge in [-0.05, 0) is 42.7 Å². The zero-order valence-corrected chi connectivity index (χ0v) is 15.7. The van der Waals surface area contributed by atoms with Gasteiger partial charge in [0.05, 0.1) is 17.3 Å². The molecule has 0 saturated heterocycles. The molecule has 0 fully saturated rings. The molecule has 3 N–H and O–H groups in total. The molecular formula is C22H20N4O3. The van der Waals surface area contributed by atoms with Crippen molar-refractivity contribution in [2.24, 2.45) is 10.8 Å². The van der Waals surface area contributed by atoms with Crippen LogP contribution in [0, 0.1) is 11.8 Å². The van der Waals surface area contributed by atoms with E-state index < -0.39 is 6.03 Å². The molecule has 7 heteroatoms. The average molecular weight is 388 g/mol. The van der Waals surface area contributed by atoms with Crippen LogP contribution in [0.25, 0.3) is 0 Å². The number of rotatable bonds is 6.